The minimum Gasteiger partial charge on any atom is -0.340 e. The molecule has 0 bridgehead atoms. The molecule has 3 amide bonds. The molecule has 3 aromatic rings. The van der Waals surface area contributed by atoms with E-state index in [9.17, 15) is 14.4 Å². The zero-order chi connectivity index (χ0) is 24.4. The molecule has 2 N–H and O–H groups in total. The van der Waals surface area contributed by atoms with E-state index in [2.05, 4.69) is 20.6 Å². The van der Waals surface area contributed by atoms with Crippen LogP contribution in [0, 0.1) is 12.8 Å². The van der Waals surface area contributed by atoms with Gasteiger partial charge in [-0.3, -0.25) is 19.3 Å². The summed E-state index contributed by atoms with van der Waals surface area (Å²) in [7, 11) is 0. The number of carbonyl (C=O) groups is 3. The van der Waals surface area contributed by atoms with Crippen LogP contribution in [0.1, 0.15) is 63.1 Å². The van der Waals surface area contributed by atoms with Crippen LogP contribution in [-0.2, 0) is 6.42 Å². The lowest BCUT2D eigenvalue weighted by Crippen LogP contribution is -2.33. The van der Waals surface area contributed by atoms with Crippen LogP contribution in [0.3, 0.4) is 0 Å². The van der Waals surface area contributed by atoms with E-state index in [1.54, 1.807) is 12.1 Å². The first-order valence-electron chi connectivity index (χ1n) is 11.3. The van der Waals surface area contributed by atoms with Crippen molar-refractivity contribution in [3.63, 3.8) is 0 Å². The molecule has 1 aliphatic heterocycles. The second kappa shape index (κ2) is 9.43. The fourth-order valence-corrected chi connectivity index (χ4v) is 3.91. The van der Waals surface area contributed by atoms with E-state index in [0.717, 1.165) is 23.4 Å². The summed E-state index contributed by atoms with van der Waals surface area (Å²) in [5.74, 6) is -0.210. The standard InChI is InChI=1S/C26H27N5O3/c1-5-17-6-8-19(29-23-10-16(4)27-14-28-23)12-22(17)30-24(32)18-7-9-20-21(11-18)26(34)31(25(20)33)13-15(2)3/h6-12,14-15H,5,13H2,1-4H3,(H,30,32)(H,27,28,29). The first kappa shape index (κ1) is 23.1. The topological polar surface area (TPSA) is 104 Å². The molecule has 0 fully saturated rings. The van der Waals surface area contributed by atoms with Gasteiger partial charge in [-0.15, -0.1) is 0 Å². The van der Waals surface area contributed by atoms with Gasteiger partial charge < -0.3 is 10.6 Å². The van der Waals surface area contributed by atoms with Crippen molar-refractivity contribution < 1.29 is 14.4 Å². The maximum absolute atomic E-state index is 13.1. The smallest absolute Gasteiger partial charge is 0.261 e. The molecular formula is C26H27N5O3. The van der Waals surface area contributed by atoms with Gasteiger partial charge in [-0.1, -0.05) is 26.8 Å². The lowest BCUT2D eigenvalue weighted by Gasteiger charge is -2.15. The lowest BCUT2D eigenvalue weighted by atomic mass is 10.0. The number of hydrogen-bond acceptors (Lipinski definition) is 6. The van der Waals surface area contributed by atoms with Crippen LogP contribution >= 0.6 is 0 Å². The van der Waals surface area contributed by atoms with Crippen LogP contribution in [0.5, 0.6) is 0 Å². The second-order valence-electron chi connectivity index (χ2n) is 8.72. The Morgan fingerprint density at radius 3 is 2.47 bits per heavy atom. The molecule has 2 aromatic carbocycles. The number of hydrogen-bond donors (Lipinski definition) is 2. The molecule has 8 heteroatoms. The van der Waals surface area contributed by atoms with Crippen molar-refractivity contribution in [2.45, 2.75) is 34.1 Å². The zero-order valence-corrected chi connectivity index (χ0v) is 19.7. The summed E-state index contributed by atoms with van der Waals surface area (Å²) in [6, 6.07) is 12.2. The Labute approximate surface area is 198 Å². The molecule has 4 rings (SSSR count). The molecule has 0 spiro atoms. The summed E-state index contributed by atoms with van der Waals surface area (Å²) in [5.41, 5.74) is 4.16. The molecule has 0 saturated heterocycles. The molecule has 0 atom stereocenters. The molecule has 0 saturated carbocycles. The summed E-state index contributed by atoms with van der Waals surface area (Å²) < 4.78 is 0. The van der Waals surface area contributed by atoms with Crippen molar-refractivity contribution in [2.24, 2.45) is 5.92 Å². The Balaban J connectivity index is 1.57. The highest BCUT2D eigenvalue weighted by Crippen LogP contribution is 2.27. The maximum atomic E-state index is 13.1. The third-order valence-corrected chi connectivity index (χ3v) is 5.60. The van der Waals surface area contributed by atoms with Crippen LogP contribution in [0.2, 0.25) is 0 Å². The molecule has 1 aromatic heterocycles. The number of rotatable bonds is 7. The number of aryl methyl sites for hydroxylation is 2. The highest BCUT2D eigenvalue weighted by atomic mass is 16.2. The third kappa shape index (κ3) is 4.66. The van der Waals surface area contributed by atoms with Gasteiger partial charge in [0.25, 0.3) is 17.7 Å². The number of nitrogens with zero attached hydrogens (tertiary/aromatic N) is 3. The molecule has 34 heavy (non-hydrogen) atoms. The summed E-state index contributed by atoms with van der Waals surface area (Å²) in [4.78, 5) is 48.0. The fraction of sp³-hybridized carbons (Fsp3) is 0.269. The minimum atomic E-state index is -0.357. The van der Waals surface area contributed by atoms with Crippen LogP contribution in [0.4, 0.5) is 17.2 Å². The number of imide groups is 1. The van der Waals surface area contributed by atoms with Crippen LogP contribution < -0.4 is 10.6 Å². The number of aromatic nitrogens is 2. The Bertz CT molecular complexity index is 1290. The van der Waals surface area contributed by atoms with Crippen molar-refractivity contribution in [1.82, 2.24) is 14.9 Å². The lowest BCUT2D eigenvalue weighted by molar-refractivity contribution is 0.0636. The molecule has 0 aliphatic carbocycles. The van der Waals surface area contributed by atoms with Gasteiger partial charge in [-0.25, -0.2) is 9.97 Å². The average molecular weight is 458 g/mol. The number of carbonyl (C=O) groups excluding carboxylic acids is 3. The van der Waals surface area contributed by atoms with Gasteiger partial charge >= 0.3 is 0 Å². The van der Waals surface area contributed by atoms with Crippen molar-refractivity contribution in [2.75, 3.05) is 17.2 Å². The molecule has 8 nitrogen and oxygen atoms in total. The van der Waals surface area contributed by atoms with E-state index in [1.165, 1.54) is 17.3 Å². The minimum absolute atomic E-state index is 0.157. The number of nitrogens with one attached hydrogen (secondary N) is 2. The predicted octanol–water partition coefficient (Wildman–Crippen LogP) is 4.60. The van der Waals surface area contributed by atoms with E-state index in [0.29, 0.717) is 29.2 Å². The van der Waals surface area contributed by atoms with Gasteiger partial charge in [0.2, 0.25) is 0 Å². The number of benzene rings is 2. The summed E-state index contributed by atoms with van der Waals surface area (Å²) in [6.07, 6.45) is 2.22. The summed E-state index contributed by atoms with van der Waals surface area (Å²) >= 11 is 0. The largest absolute Gasteiger partial charge is 0.340 e. The Hall–Kier alpha value is -4.07. The first-order valence-corrected chi connectivity index (χ1v) is 11.3. The van der Waals surface area contributed by atoms with Crippen LogP contribution in [0.15, 0.2) is 48.8 Å². The van der Waals surface area contributed by atoms with Gasteiger partial charge in [0.05, 0.1) is 11.1 Å². The van der Waals surface area contributed by atoms with E-state index in [-0.39, 0.29) is 29.2 Å². The van der Waals surface area contributed by atoms with Crippen molar-refractivity contribution >= 4 is 34.9 Å². The Morgan fingerprint density at radius 2 is 1.76 bits per heavy atom. The van der Waals surface area contributed by atoms with E-state index in [1.807, 2.05) is 52.0 Å². The highest BCUT2D eigenvalue weighted by Gasteiger charge is 2.36. The van der Waals surface area contributed by atoms with Crippen molar-refractivity contribution in [1.29, 1.82) is 0 Å². The SMILES string of the molecule is CCc1ccc(Nc2cc(C)ncn2)cc1NC(=O)c1ccc2c(c1)C(=O)N(CC(C)C)C2=O. The van der Waals surface area contributed by atoms with Gasteiger partial charge in [-0.05, 0) is 55.2 Å². The number of amides is 3. The zero-order valence-electron chi connectivity index (χ0n) is 19.7. The second-order valence-corrected chi connectivity index (χ2v) is 8.72. The molecule has 2 heterocycles. The maximum Gasteiger partial charge on any atom is 0.261 e. The van der Waals surface area contributed by atoms with Gasteiger partial charge in [0, 0.05) is 35.2 Å². The Kier molecular flexibility index (Phi) is 6.40. The molecule has 0 radical (unpaired) electrons. The van der Waals surface area contributed by atoms with Crippen LogP contribution in [-0.4, -0.2) is 39.1 Å². The van der Waals surface area contributed by atoms with Crippen LogP contribution in [0.25, 0.3) is 0 Å². The predicted molar refractivity (Wildman–Crippen MR) is 130 cm³/mol. The monoisotopic (exact) mass is 457 g/mol. The quantitative estimate of drug-likeness (QED) is 0.503. The number of anilines is 3. The van der Waals surface area contributed by atoms with E-state index >= 15 is 0 Å². The van der Waals surface area contributed by atoms with Crippen molar-refractivity contribution in [3.8, 4) is 0 Å². The van der Waals surface area contributed by atoms with Gasteiger partial charge in [0.1, 0.15) is 12.1 Å². The first-order chi connectivity index (χ1) is 16.3. The summed E-state index contributed by atoms with van der Waals surface area (Å²) in [6.45, 7) is 8.13. The highest BCUT2D eigenvalue weighted by molar-refractivity contribution is 6.22. The van der Waals surface area contributed by atoms with E-state index in [4.69, 9.17) is 0 Å². The summed E-state index contributed by atoms with van der Waals surface area (Å²) in [5, 5.41) is 6.18. The van der Waals surface area contributed by atoms with E-state index < -0.39 is 0 Å². The van der Waals surface area contributed by atoms with Crippen molar-refractivity contribution in [3.05, 3.63) is 76.7 Å². The van der Waals surface area contributed by atoms with Gasteiger partial charge in [0.15, 0.2) is 0 Å². The Morgan fingerprint density at radius 1 is 1.00 bits per heavy atom. The molecular weight excluding hydrogens is 430 g/mol. The number of fused-ring (bicyclic) bond motifs is 1. The normalized spacial score (nSPS) is 12.8. The fourth-order valence-electron chi connectivity index (χ4n) is 3.91. The van der Waals surface area contributed by atoms with Gasteiger partial charge in [-0.2, -0.15) is 0 Å². The average Bonchev–Trinajstić information content (AvgIpc) is 3.03. The third-order valence-electron chi connectivity index (χ3n) is 5.60. The molecule has 1 aliphatic rings. The molecule has 174 valence electrons. The molecule has 0 unspecified atom stereocenters.